The third kappa shape index (κ3) is 2.35. The van der Waals surface area contributed by atoms with E-state index in [0.29, 0.717) is 11.3 Å². The largest absolute Gasteiger partial charge is 0.430 e. The van der Waals surface area contributed by atoms with Crippen molar-refractivity contribution in [3.8, 4) is 0 Å². The van der Waals surface area contributed by atoms with Crippen LogP contribution in [0, 0.1) is 5.92 Å². The molecule has 88 valence electrons. The highest BCUT2D eigenvalue weighted by Crippen LogP contribution is 2.11. The first-order chi connectivity index (χ1) is 8.08. The van der Waals surface area contributed by atoms with Crippen LogP contribution in [-0.2, 0) is 14.3 Å². The van der Waals surface area contributed by atoms with E-state index >= 15 is 0 Å². The van der Waals surface area contributed by atoms with Crippen LogP contribution in [0.1, 0.15) is 13.8 Å². The van der Waals surface area contributed by atoms with E-state index in [9.17, 15) is 9.59 Å². The highest BCUT2D eigenvalue weighted by atomic mass is 16.6. The molecule has 0 bridgehead atoms. The number of rotatable bonds is 2. The molecule has 2 aliphatic rings. The standard InChI is InChI=1S/C11H11N3O3/c1-6(2)11(16)17-10-9(15)14-8-5-12-3-7(8)4-13-10/h3-6,10H,1-2H3. The molecule has 6 nitrogen and oxygen atoms in total. The van der Waals surface area contributed by atoms with Crippen LogP contribution in [0.25, 0.3) is 0 Å². The molecule has 0 saturated carbocycles. The van der Waals surface area contributed by atoms with E-state index in [1.807, 2.05) is 0 Å². The summed E-state index contributed by atoms with van der Waals surface area (Å²) in [4.78, 5) is 34.6. The Balaban J connectivity index is 2.17. The molecule has 0 saturated heterocycles. The van der Waals surface area contributed by atoms with Gasteiger partial charge in [-0.2, -0.15) is 0 Å². The van der Waals surface area contributed by atoms with Crippen LogP contribution in [0.2, 0.25) is 0 Å². The number of amides is 1. The van der Waals surface area contributed by atoms with Crippen molar-refractivity contribution in [1.29, 1.82) is 0 Å². The molecule has 0 aliphatic carbocycles. The number of carbonyl (C=O) groups excluding carboxylic acids is 2. The molecule has 0 aromatic carbocycles. The number of allylic oxidation sites excluding steroid dienone is 1. The Hall–Kier alpha value is -2.11. The fraction of sp³-hybridized carbons (Fsp3) is 0.364. The molecule has 1 amide bonds. The zero-order valence-corrected chi connectivity index (χ0v) is 9.45. The Morgan fingerprint density at radius 1 is 1.41 bits per heavy atom. The van der Waals surface area contributed by atoms with Crippen molar-refractivity contribution in [1.82, 2.24) is 0 Å². The average Bonchev–Trinajstić information content (AvgIpc) is 2.65. The van der Waals surface area contributed by atoms with Gasteiger partial charge in [0.15, 0.2) is 0 Å². The van der Waals surface area contributed by atoms with Gasteiger partial charge in [0.25, 0.3) is 6.23 Å². The third-order valence-corrected chi connectivity index (χ3v) is 2.20. The van der Waals surface area contributed by atoms with Gasteiger partial charge in [-0.3, -0.25) is 14.6 Å². The molecule has 0 N–H and O–H groups in total. The molecular weight excluding hydrogens is 222 g/mol. The van der Waals surface area contributed by atoms with Crippen molar-refractivity contribution in [2.45, 2.75) is 20.1 Å². The number of fused-ring (bicyclic) bond motifs is 1. The first kappa shape index (κ1) is 11.4. The van der Waals surface area contributed by atoms with Gasteiger partial charge in [-0.15, -0.1) is 0 Å². The lowest BCUT2D eigenvalue weighted by Gasteiger charge is -2.10. The van der Waals surface area contributed by atoms with Gasteiger partial charge >= 0.3 is 11.9 Å². The number of ether oxygens (including phenoxy) is 1. The zero-order chi connectivity index (χ0) is 12.4. The summed E-state index contributed by atoms with van der Waals surface area (Å²) in [6.07, 6.45) is 3.26. The lowest BCUT2D eigenvalue weighted by Crippen LogP contribution is -2.26. The first-order valence-corrected chi connectivity index (χ1v) is 5.18. The van der Waals surface area contributed by atoms with E-state index in [4.69, 9.17) is 4.74 Å². The summed E-state index contributed by atoms with van der Waals surface area (Å²) in [5.74, 6) is -1.38. The van der Waals surface area contributed by atoms with Gasteiger partial charge in [-0.25, -0.2) is 9.98 Å². The summed E-state index contributed by atoms with van der Waals surface area (Å²) in [5, 5.41) is 0. The van der Waals surface area contributed by atoms with Crippen LogP contribution in [0.5, 0.6) is 0 Å². The number of hydrogen-bond acceptors (Lipinski definition) is 5. The van der Waals surface area contributed by atoms with E-state index in [1.54, 1.807) is 20.0 Å². The van der Waals surface area contributed by atoms with Gasteiger partial charge in [0, 0.05) is 18.0 Å². The molecular formula is C11H11N3O3. The Morgan fingerprint density at radius 3 is 2.88 bits per heavy atom. The number of esters is 1. The lowest BCUT2D eigenvalue weighted by molar-refractivity contribution is -0.157. The minimum atomic E-state index is -1.18. The molecule has 0 radical (unpaired) electrons. The zero-order valence-electron chi connectivity index (χ0n) is 9.45. The summed E-state index contributed by atoms with van der Waals surface area (Å²) in [6, 6.07) is 0. The normalized spacial score (nSPS) is 22.1. The quantitative estimate of drug-likeness (QED) is 0.652. The van der Waals surface area contributed by atoms with E-state index in [0.717, 1.165) is 0 Å². The summed E-state index contributed by atoms with van der Waals surface area (Å²) in [6.45, 7) is 3.37. The molecule has 2 rings (SSSR count). The topological polar surface area (TPSA) is 80.4 Å². The monoisotopic (exact) mass is 233 g/mol. The Kier molecular flexibility index (Phi) is 2.95. The molecule has 0 fully saturated rings. The van der Waals surface area contributed by atoms with Crippen LogP contribution in [0.3, 0.4) is 0 Å². The Labute approximate surface area is 97.8 Å². The maximum atomic E-state index is 11.6. The van der Waals surface area contributed by atoms with E-state index in [1.165, 1.54) is 12.4 Å². The second-order valence-corrected chi connectivity index (χ2v) is 3.92. The molecule has 0 spiro atoms. The molecule has 1 unspecified atom stereocenters. The highest BCUT2D eigenvalue weighted by molar-refractivity contribution is 6.47. The van der Waals surface area contributed by atoms with Crippen LogP contribution in [0.15, 0.2) is 26.8 Å². The predicted octanol–water partition coefficient (Wildman–Crippen LogP) is 0.532. The number of aliphatic imine (C=N–C) groups is 3. The van der Waals surface area contributed by atoms with E-state index in [2.05, 4.69) is 15.0 Å². The molecule has 0 aromatic heterocycles. The number of carbonyl (C=O) groups is 2. The third-order valence-electron chi connectivity index (χ3n) is 2.20. The Morgan fingerprint density at radius 2 is 2.18 bits per heavy atom. The minimum Gasteiger partial charge on any atom is -0.430 e. The van der Waals surface area contributed by atoms with Gasteiger partial charge in [-0.1, -0.05) is 13.8 Å². The summed E-state index contributed by atoms with van der Waals surface area (Å²) in [7, 11) is 0. The molecule has 2 heterocycles. The maximum absolute atomic E-state index is 11.6. The van der Waals surface area contributed by atoms with Gasteiger partial charge in [0.1, 0.15) is 0 Å². The summed E-state index contributed by atoms with van der Waals surface area (Å²) < 4.78 is 4.95. The second-order valence-electron chi connectivity index (χ2n) is 3.92. The van der Waals surface area contributed by atoms with Crippen molar-refractivity contribution >= 4 is 30.0 Å². The minimum absolute atomic E-state index is 0.311. The molecule has 17 heavy (non-hydrogen) atoms. The van der Waals surface area contributed by atoms with Gasteiger partial charge in [-0.05, 0) is 0 Å². The average molecular weight is 233 g/mol. The highest BCUT2D eigenvalue weighted by Gasteiger charge is 2.26. The van der Waals surface area contributed by atoms with Crippen LogP contribution < -0.4 is 0 Å². The van der Waals surface area contributed by atoms with E-state index in [-0.39, 0.29) is 5.92 Å². The lowest BCUT2D eigenvalue weighted by atomic mass is 10.2. The van der Waals surface area contributed by atoms with Crippen molar-refractivity contribution in [3.63, 3.8) is 0 Å². The second kappa shape index (κ2) is 4.40. The fourth-order valence-corrected chi connectivity index (χ4v) is 1.23. The molecule has 6 heteroatoms. The van der Waals surface area contributed by atoms with Crippen LogP contribution in [-0.4, -0.2) is 36.2 Å². The molecule has 0 aromatic rings. The predicted molar refractivity (Wildman–Crippen MR) is 62.2 cm³/mol. The summed E-state index contributed by atoms with van der Waals surface area (Å²) in [5.41, 5.74) is 1.09. The molecule has 2 aliphatic heterocycles. The fourth-order valence-electron chi connectivity index (χ4n) is 1.23. The number of nitrogens with zero attached hydrogens (tertiary/aromatic N) is 3. The Bertz CT molecular complexity index is 486. The van der Waals surface area contributed by atoms with Crippen LogP contribution in [0.4, 0.5) is 0 Å². The number of hydrogen-bond donors (Lipinski definition) is 0. The van der Waals surface area contributed by atoms with Crippen molar-refractivity contribution in [2.24, 2.45) is 20.9 Å². The molecule has 1 atom stereocenters. The van der Waals surface area contributed by atoms with Crippen molar-refractivity contribution < 1.29 is 14.3 Å². The van der Waals surface area contributed by atoms with Crippen LogP contribution >= 0.6 is 0 Å². The van der Waals surface area contributed by atoms with E-state index < -0.39 is 18.1 Å². The SMILES string of the molecule is CC(C)C(=O)OC1N=CC2=CN=CC2=NC1=O. The van der Waals surface area contributed by atoms with Gasteiger partial charge in [0.2, 0.25) is 0 Å². The van der Waals surface area contributed by atoms with Crippen molar-refractivity contribution in [2.75, 3.05) is 0 Å². The maximum Gasteiger partial charge on any atom is 0.310 e. The van der Waals surface area contributed by atoms with Gasteiger partial charge in [0.05, 0.1) is 17.8 Å². The summed E-state index contributed by atoms with van der Waals surface area (Å²) >= 11 is 0. The smallest absolute Gasteiger partial charge is 0.310 e. The first-order valence-electron chi connectivity index (χ1n) is 5.18. The van der Waals surface area contributed by atoms with Crippen molar-refractivity contribution in [3.05, 3.63) is 11.8 Å². The van der Waals surface area contributed by atoms with Gasteiger partial charge < -0.3 is 4.74 Å².